The molecular weight excluding hydrogens is 327 g/mol. The van der Waals surface area contributed by atoms with Gasteiger partial charge in [0.15, 0.2) is 0 Å². The van der Waals surface area contributed by atoms with Gasteiger partial charge >= 0.3 is 0 Å². The van der Waals surface area contributed by atoms with Crippen molar-refractivity contribution in [3.8, 4) is 6.07 Å². The van der Waals surface area contributed by atoms with Gasteiger partial charge in [0, 0.05) is 11.4 Å². The highest BCUT2D eigenvalue weighted by atomic mass is 35.5. The van der Waals surface area contributed by atoms with Crippen molar-refractivity contribution in [2.45, 2.75) is 13.0 Å². The molecule has 3 rings (SSSR count). The normalized spacial score (nSPS) is 10.5. The van der Waals surface area contributed by atoms with Crippen molar-refractivity contribution in [2.75, 3.05) is 5.73 Å². The van der Waals surface area contributed by atoms with Gasteiger partial charge in [0.25, 0.3) is 0 Å². The number of hydrogen-bond donors (Lipinski definition) is 1. The van der Waals surface area contributed by atoms with E-state index in [2.05, 4.69) is 11.2 Å². The summed E-state index contributed by atoms with van der Waals surface area (Å²) in [6.45, 7) is 0.379. The van der Waals surface area contributed by atoms with Gasteiger partial charge in [0.1, 0.15) is 23.3 Å². The smallest absolute Gasteiger partial charge is 0.140 e. The summed E-state index contributed by atoms with van der Waals surface area (Å²) in [5, 5.41) is 14.5. The van der Waals surface area contributed by atoms with Crippen LogP contribution in [0.2, 0.25) is 5.02 Å². The molecule has 0 atom stereocenters. The van der Waals surface area contributed by atoms with Gasteiger partial charge in [-0.25, -0.2) is 9.07 Å². The molecule has 3 aromatic rings. The van der Waals surface area contributed by atoms with Crippen LogP contribution < -0.4 is 5.73 Å². The first-order valence-electron chi connectivity index (χ1n) is 7.31. The molecule has 0 amide bonds. The molecule has 0 aliphatic carbocycles. The lowest BCUT2D eigenvalue weighted by atomic mass is 10.1. The molecule has 24 heavy (non-hydrogen) atoms. The van der Waals surface area contributed by atoms with Crippen LogP contribution in [-0.4, -0.2) is 9.78 Å². The molecule has 0 saturated carbocycles. The van der Waals surface area contributed by atoms with Crippen LogP contribution in [0, 0.1) is 17.1 Å². The molecule has 1 heterocycles. The molecule has 0 unspecified atom stereocenters. The van der Waals surface area contributed by atoms with Gasteiger partial charge in [-0.3, -0.25) is 0 Å². The Hall–Kier alpha value is -2.84. The number of nitrogens with zero attached hydrogens (tertiary/aromatic N) is 3. The van der Waals surface area contributed by atoms with E-state index in [1.807, 2.05) is 18.2 Å². The van der Waals surface area contributed by atoms with E-state index in [4.69, 9.17) is 17.3 Å². The standard InChI is InChI=1S/C18H14ClFN4/c19-16-4-2-1-3-13(16)11-24-18(22)15(10-21)17(23-24)9-12-5-7-14(20)8-6-12/h1-8H,9,11,22H2. The van der Waals surface area contributed by atoms with E-state index in [1.54, 1.807) is 22.9 Å². The van der Waals surface area contributed by atoms with E-state index in [0.717, 1.165) is 11.1 Å². The Kier molecular flexibility index (Phi) is 4.50. The number of rotatable bonds is 4. The number of nitriles is 1. The van der Waals surface area contributed by atoms with E-state index in [9.17, 15) is 9.65 Å². The predicted octanol–water partition coefficient (Wildman–Crippen LogP) is 3.77. The van der Waals surface area contributed by atoms with Crippen molar-refractivity contribution in [2.24, 2.45) is 0 Å². The topological polar surface area (TPSA) is 67.6 Å². The molecule has 0 aliphatic heterocycles. The summed E-state index contributed by atoms with van der Waals surface area (Å²) in [5.41, 5.74) is 8.69. The van der Waals surface area contributed by atoms with Crippen LogP contribution in [0.5, 0.6) is 0 Å². The van der Waals surface area contributed by atoms with Crippen LogP contribution in [0.15, 0.2) is 48.5 Å². The first-order valence-corrected chi connectivity index (χ1v) is 7.69. The summed E-state index contributed by atoms with van der Waals surface area (Å²) in [6, 6.07) is 15.6. The van der Waals surface area contributed by atoms with Gasteiger partial charge < -0.3 is 5.73 Å². The molecule has 0 bridgehead atoms. The van der Waals surface area contributed by atoms with Crippen LogP contribution in [0.3, 0.4) is 0 Å². The number of anilines is 1. The molecule has 0 fully saturated rings. The van der Waals surface area contributed by atoms with E-state index in [0.29, 0.717) is 35.1 Å². The monoisotopic (exact) mass is 340 g/mol. The lowest BCUT2D eigenvalue weighted by Gasteiger charge is -2.06. The SMILES string of the molecule is N#Cc1c(Cc2ccc(F)cc2)nn(Cc2ccccc2Cl)c1N. The van der Waals surface area contributed by atoms with E-state index >= 15 is 0 Å². The number of benzene rings is 2. The van der Waals surface area contributed by atoms with E-state index in [-0.39, 0.29) is 5.82 Å². The highest BCUT2D eigenvalue weighted by Gasteiger charge is 2.16. The number of hydrogen-bond acceptors (Lipinski definition) is 3. The fourth-order valence-electron chi connectivity index (χ4n) is 2.48. The minimum atomic E-state index is -0.303. The minimum absolute atomic E-state index is 0.300. The fourth-order valence-corrected chi connectivity index (χ4v) is 2.67. The summed E-state index contributed by atoms with van der Waals surface area (Å²) in [6.07, 6.45) is 0.406. The largest absolute Gasteiger partial charge is 0.383 e. The highest BCUT2D eigenvalue weighted by Crippen LogP contribution is 2.22. The van der Waals surface area contributed by atoms with Crippen molar-refractivity contribution in [1.82, 2.24) is 9.78 Å². The van der Waals surface area contributed by atoms with Gasteiger partial charge in [-0.1, -0.05) is 41.9 Å². The van der Waals surface area contributed by atoms with Crippen molar-refractivity contribution in [1.29, 1.82) is 5.26 Å². The fraction of sp³-hybridized carbons (Fsp3) is 0.111. The molecule has 6 heteroatoms. The molecular formula is C18H14ClFN4. The summed E-state index contributed by atoms with van der Waals surface area (Å²) in [4.78, 5) is 0. The van der Waals surface area contributed by atoms with E-state index in [1.165, 1.54) is 12.1 Å². The maximum absolute atomic E-state index is 13.0. The molecule has 0 saturated heterocycles. The Labute approximate surface area is 143 Å². The summed E-state index contributed by atoms with van der Waals surface area (Å²) in [5.74, 6) is -0.00227. The van der Waals surface area contributed by atoms with Crippen LogP contribution in [0.1, 0.15) is 22.4 Å². The van der Waals surface area contributed by atoms with Gasteiger partial charge in [0.05, 0.1) is 12.2 Å². The average Bonchev–Trinajstić information content (AvgIpc) is 2.87. The van der Waals surface area contributed by atoms with Crippen molar-refractivity contribution in [3.63, 3.8) is 0 Å². The van der Waals surface area contributed by atoms with Crippen LogP contribution in [0.25, 0.3) is 0 Å². The number of aromatic nitrogens is 2. The predicted molar refractivity (Wildman–Crippen MR) is 91.1 cm³/mol. The second kappa shape index (κ2) is 6.73. The maximum atomic E-state index is 13.0. The third kappa shape index (κ3) is 3.24. The Balaban J connectivity index is 1.92. The quantitative estimate of drug-likeness (QED) is 0.786. The van der Waals surface area contributed by atoms with Gasteiger partial charge in [-0.15, -0.1) is 0 Å². The molecule has 1 aromatic heterocycles. The lowest BCUT2D eigenvalue weighted by Crippen LogP contribution is -2.07. The summed E-state index contributed by atoms with van der Waals surface area (Å²) < 4.78 is 14.6. The zero-order valence-corrected chi connectivity index (χ0v) is 13.5. The van der Waals surface area contributed by atoms with Crippen molar-refractivity contribution >= 4 is 17.4 Å². The molecule has 0 spiro atoms. The second-order valence-corrected chi connectivity index (χ2v) is 5.78. The number of halogens is 2. The van der Waals surface area contributed by atoms with Crippen LogP contribution in [-0.2, 0) is 13.0 Å². The third-order valence-electron chi connectivity index (χ3n) is 3.74. The Morgan fingerprint density at radius 1 is 1.17 bits per heavy atom. The number of nitrogen functional groups attached to an aromatic ring is 1. The second-order valence-electron chi connectivity index (χ2n) is 5.37. The maximum Gasteiger partial charge on any atom is 0.140 e. The minimum Gasteiger partial charge on any atom is -0.383 e. The molecule has 0 aliphatic rings. The zero-order valence-electron chi connectivity index (χ0n) is 12.7. The van der Waals surface area contributed by atoms with Gasteiger partial charge in [-0.2, -0.15) is 10.4 Å². The highest BCUT2D eigenvalue weighted by molar-refractivity contribution is 6.31. The molecule has 2 N–H and O–H groups in total. The Morgan fingerprint density at radius 2 is 1.88 bits per heavy atom. The summed E-state index contributed by atoms with van der Waals surface area (Å²) in [7, 11) is 0. The summed E-state index contributed by atoms with van der Waals surface area (Å²) >= 11 is 6.17. The van der Waals surface area contributed by atoms with Crippen LogP contribution >= 0.6 is 11.6 Å². The molecule has 120 valence electrons. The van der Waals surface area contributed by atoms with Crippen LogP contribution in [0.4, 0.5) is 10.2 Å². The lowest BCUT2D eigenvalue weighted by molar-refractivity contribution is 0.627. The Morgan fingerprint density at radius 3 is 2.54 bits per heavy atom. The van der Waals surface area contributed by atoms with Gasteiger partial charge in [-0.05, 0) is 29.3 Å². The average molecular weight is 341 g/mol. The number of nitrogens with two attached hydrogens (primary N) is 1. The van der Waals surface area contributed by atoms with Crippen molar-refractivity contribution in [3.05, 3.63) is 81.8 Å². The zero-order chi connectivity index (χ0) is 17.1. The third-order valence-corrected chi connectivity index (χ3v) is 4.11. The molecule has 4 nitrogen and oxygen atoms in total. The van der Waals surface area contributed by atoms with Crippen molar-refractivity contribution < 1.29 is 4.39 Å². The Bertz CT molecular complexity index is 910. The van der Waals surface area contributed by atoms with Gasteiger partial charge in [0.2, 0.25) is 0 Å². The first-order chi connectivity index (χ1) is 11.6. The van der Waals surface area contributed by atoms with E-state index < -0.39 is 0 Å². The first kappa shape index (κ1) is 16.0. The molecule has 0 radical (unpaired) electrons. The molecule has 2 aromatic carbocycles.